The molecule has 90 valence electrons. The predicted molar refractivity (Wildman–Crippen MR) is 65.7 cm³/mol. The number of hydrogen-bond donors (Lipinski definition) is 0. The van der Waals surface area contributed by atoms with Crippen LogP contribution in [0.2, 0.25) is 0 Å². The van der Waals surface area contributed by atoms with Gasteiger partial charge >= 0.3 is 0 Å². The van der Waals surface area contributed by atoms with E-state index in [0.29, 0.717) is 13.2 Å². The quantitative estimate of drug-likeness (QED) is 0.524. The van der Waals surface area contributed by atoms with Gasteiger partial charge in [0.1, 0.15) is 0 Å². The van der Waals surface area contributed by atoms with Gasteiger partial charge in [-0.05, 0) is 25.3 Å². The molecule has 0 saturated carbocycles. The third-order valence-electron chi connectivity index (χ3n) is 2.80. The van der Waals surface area contributed by atoms with Gasteiger partial charge in [0.2, 0.25) is 0 Å². The molecular formula is C11H22BrNO2. The fourth-order valence-corrected chi connectivity index (χ4v) is 2.45. The molecule has 1 heterocycles. The number of halogens is 1. The molecule has 0 amide bonds. The molecule has 0 aromatic heterocycles. The number of alkyl halides is 1. The summed E-state index contributed by atoms with van der Waals surface area (Å²) in [7, 11) is 1.70. The average Bonchev–Trinajstić information content (AvgIpc) is 2.29. The van der Waals surface area contributed by atoms with Gasteiger partial charge in [0, 0.05) is 25.5 Å². The Morgan fingerprint density at radius 3 is 2.93 bits per heavy atom. The van der Waals surface area contributed by atoms with E-state index >= 15 is 0 Å². The van der Waals surface area contributed by atoms with Gasteiger partial charge in [-0.1, -0.05) is 15.9 Å². The summed E-state index contributed by atoms with van der Waals surface area (Å²) < 4.78 is 10.4. The minimum Gasteiger partial charge on any atom is -0.382 e. The first-order chi connectivity index (χ1) is 7.36. The van der Waals surface area contributed by atoms with Gasteiger partial charge in [-0.2, -0.15) is 0 Å². The molecule has 15 heavy (non-hydrogen) atoms. The molecule has 1 atom stereocenters. The SMILES string of the molecule is COCCOCCN1CCCC(CBr)C1. The molecule has 1 saturated heterocycles. The van der Waals surface area contributed by atoms with Crippen molar-refractivity contribution in [2.24, 2.45) is 5.92 Å². The highest BCUT2D eigenvalue weighted by atomic mass is 79.9. The monoisotopic (exact) mass is 279 g/mol. The van der Waals surface area contributed by atoms with Gasteiger partial charge in [-0.25, -0.2) is 0 Å². The number of ether oxygens (including phenoxy) is 2. The van der Waals surface area contributed by atoms with E-state index in [1.807, 2.05) is 0 Å². The number of hydrogen-bond acceptors (Lipinski definition) is 3. The van der Waals surface area contributed by atoms with Crippen molar-refractivity contribution in [2.75, 3.05) is 51.9 Å². The molecule has 1 aliphatic rings. The third-order valence-corrected chi connectivity index (χ3v) is 3.72. The summed E-state index contributed by atoms with van der Waals surface area (Å²) in [6, 6.07) is 0. The zero-order chi connectivity index (χ0) is 10.9. The van der Waals surface area contributed by atoms with Crippen molar-refractivity contribution in [1.82, 2.24) is 4.90 Å². The molecule has 0 N–H and O–H groups in total. The van der Waals surface area contributed by atoms with Crippen LogP contribution < -0.4 is 0 Å². The highest BCUT2D eigenvalue weighted by molar-refractivity contribution is 9.09. The van der Waals surface area contributed by atoms with Crippen molar-refractivity contribution < 1.29 is 9.47 Å². The van der Waals surface area contributed by atoms with Crippen molar-refractivity contribution in [2.45, 2.75) is 12.8 Å². The fraction of sp³-hybridized carbons (Fsp3) is 1.00. The lowest BCUT2D eigenvalue weighted by molar-refractivity contribution is 0.0506. The summed E-state index contributed by atoms with van der Waals surface area (Å²) in [6.07, 6.45) is 2.70. The first kappa shape index (κ1) is 13.4. The summed E-state index contributed by atoms with van der Waals surface area (Å²) in [5, 5.41) is 1.13. The van der Waals surface area contributed by atoms with Crippen molar-refractivity contribution in [3.8, 4) is 0 Å². The molecule has 0 aromatic rings. The van der Waals surface area contributed by atoms with Gasteiger partial charge in [-0.15, -0.1) is 0 Å². The number of methoxy groups -OCH3 is 1. The Bertz CT molecular complexity index is 158. The van der Waals surface area contributed by atoms with E-state index in [0.717, 1.165) is 24.4 Å². The lowest BCUT2D eigenvalue weighted by Crippen LogP contribution is -2.38. The van der Waals surface area contributed by atoms with E-state index in [1.54, 1.807) is 7.11 Å². The largest absolute Gasteiger partial charge is 0.382 e. The molecule has 1 aliphatic heterocycles. The summed E-state index contributed by atoms with van der Waals surface area (Å²) in [4.78, 5) is 2.50. The van der Waals surface area contributed by atoms with Crippen LogP contribution in [0.3, 0.4) is 0 Å². The van der Waals surface area contributed by atoms with E-state index < -0.39 is 0 Å². The van der Waals surface area contributed by atoms with Gasteiger partial charge in [0.25, 0.3) is 0 Å². The summed E-state index contributed by atoms with van der Waals surface area (Å²) in [6.45, 7) is 5.76. The van der Waals surface area contributed by atoms with Crippen molar-refractivity contribution >= 4 is 15.9 Å². The summed E-state index contributed by atoms with van der Waals surface area (Å²) >= 11 is 3.57. The molecule has 0 aliphatic carbocycles. The van der Waals surface area contributed by atoms with Crippen LogP contribution in [0, 0.1) is 5.92 Å². The van der Waals surface area contributed by atoms with E-state index in [-0.39, 0.29) is 0 Å². The topological polar surface area (TPSA) is 21.7 Å². The molecule has 1 unspecified atom stereocenters. The second-order valence-corrected chi connectivity index (χ2v) is 4.72. The maximum atomic E-state index is 5.47. The lowest BCUT2D eigenvalue weighted by Gasteiger charge is -2.31. The van der Waals surface area contributed by atoms with Crippen LogP contribution >= 0.6 is 15.9 Å². The molecule has 1 fully saturated rings. The Kier molecular flexibility index (Phi) is 7.61. The van der Waals surface area contributed by atoms with Gasteiger partial charge in [-0.3, -0.25) is 0 Å². The Hall–Kier alpha value is 0.360. The molecule has 0 spiro atoms. The third kappa shape index (κ3) is 5.85. The normalized spacial score (nSPS) is 23.2. The average molecular weight is 280 g/mol. The highest BCUT2D eigenvalue weighted by Crippen LogP contribution is 2.17. The predicted octanol–water partition coefficient (Wildman–Crippen LogP) is 1.76. The van der Waals surface area contributed by atoms with E-state index in [1.165, 1.54) is 25.9 Å². The number of nitrogens with zero attached hydrogens (tertiary/aromatic N) is 1. The number of piperidine rings is 1. The zero-order valence-electron chi connectivity index (χ0n) is 9.58. The Morgan fingerprint density at radius 1 is 1.33 bits per heavy atom. The maximum absolute atomic E-state index is 5.47. The minimum atomic E-state index is 0.698. The highest BCUT2D eigenvalue weighted by Gasteiger charge is 2.18. The molecule has 4 heteroatoms. The van der Waals surface area contributed by atoms with Crippen molar-refractivity contribution in [1.29, 1.82) is 0 Å². The zero-order valence-corrected chi connectivity index (χ0v) is 11.2. The lowest BCUT2D eigenvalue weighted by atomic mass is 10.0. The Labute approximate surface area is 101 Å². The van der Waals surface area contributed by atoms with Gasteiger partial charge in [0.05, 0.1) is 19.8 Å². The second-order valence-electron chi connectivity index (χ2n) is 4.07. The van der Waals surface area contributed by atoms with Crippen molar-refractivity contribution in [3.63, 3.8) is 0 Å². The van der Waals surface area contributed by atoms with Crippen LogP contribution in [0.25, 0.3) is 0 Å². The van der Waals surface area contributed by atoms with Crippen LogP contribution in [-0.4, -0.2) is 56.8 Å². The molecular weight excluding hydrogens is 258 g/mol. The van der Waals surface area contributed by atoms with Crippen molar-refractivity contribution in [3.05, 3.63) is 0 Å². The molecule has 0 radical (unpaired) electrons. The van der Waals surface area contributed by atoms with E-state index in [9.17, 15) is 0 Å². The van der Waals surface area contributed by atoms with Crippen LogP contribution in [0.15, 0.2) is 0 Å². The standard InChI is InChI=1S/C11H22BrNO2/c1-14-7-8-15-6-5-13-4-2-3-11(9-12)10-13/h11H,2-10H2,1H3. The van der Waals surface area contributed by atoms with E-state index in [4.69, 9.17) is 9.47 Å². The van der Waals surface area contributed by atoms with Crippen LogP contribution in [0.4, 0.5) is 0 Å². The molecule has 3 nitrogen and oxygen atoms in total. The van der Waals surface area contributed by atoms with Gasteiger partial charge in [0.15, 0.2) is 0 Å². The fourth-order valence-electron chi connectivity index (χ4n) is 1.92. The molecule has 0 aromatic carbocycles. The van der Waals surface area contributed by atoms with Gasteiger partial charge < -0.3 is 14.4 Å². The first-order valence-electron chi connectivity index (χ1n) is 5.71. The van der Waals surface area contributed by atoms with Crippen LogP contribution in [0.5, 0.6) is 0 Å². The Morgan fingerprint density at radius 2 is 2.20 bits per heavy atom. The van der Waals surface area contributed by atoms with Crippen LogP contribution in [-0.2, 0) is 9.47 Å². The molecule has 1 rings (SSSR count). The smallest absolute Gasteiger partial charge is 0.0700 e. The number of rotatable bonds is 7. The summed E-state index contributed by atoms with van der Waals surface area (Å²) in [5.41, 5.74) is 0. The molecule has 0 bridgehead atoms. The minimum absolute atomic E-state index is 0.698. The second kappa shape index (κ2) is 8.50. The number of likely N-dealkylation sites (tertiary alicyclic amines) is 1. The Balaban J connectivity index is 2.00. The van der Waals surface area contributed by atoms with E-state index in [2.05, 4.69) is 20.8 Å². The summed E-state index contributed by atoms with van der Waals surface area (Å²) in [5.74, 6) is 0.831. The van der Waals surface area contributed by atoms with Crippen LogP contribution in [0.1, 0.15) is 12.8 Å². The first-order valence-corrected chi connectivity index (χ1v) is 6.84. The maximum Gasteiger partial charge on any atom is 0.0700 e.